The summed E-state index contributed by atoms with van der Waals surface area (Å²) < 4.78 is 0. The Bertz CT molecular complexity index is 465. The van der Waals surface area contributed by atoms with Crippen LogP contribution in [0.5, 0.6) is 5.75 Å². The summed E-state index contributed by atoms with van der Waals surface area (Å²) in [7, 11) is 0. The lowest BCUT2D eigenvalue weighted by Gasteiger charge is -2.30. The molecule has 1 fully saturated rings. The van der Waals surface area contributed by atoms with Crippen molar-refractivity contribution in [3.63, 3.8) is 0 Å². The Hall–Kier alpha value is -1.02. The first kappa shape index (κ1) is 14.4. The first-order valence-corrected chi connectivity index (χ1v) is 7.43. The molecule has 0 aromatic heterocycles. The van der Waals surface area contributed by atoms with Crippen LogP contribution in [-0.2, 0) is 17.4 Å². The lowest BCUT2D eigenvalue weighted by Crippen LogP contribution is -2.34. The van der Waals surface area contributed by atoms with Crippen LogP contribution < -0.4 is 5.73 Å². The van der Waals surface area contributed by atoms with E-state index in [2.05, 4.69) is 39.8 Å². The molecule has 2 nitrogen and oxygen atoms in total. The van der Waals surface area contributed by atoms with Crippen molar-refractivity contribution in [2.45, 2.75) is 70.8 Å². The number of benzene rings is 1. The third-order valence-electron chi connectivity index (χ3n) is 4.42. The minimum Gasteiger partial charge on any atom is -0.507 e. The molecule has 1 aromatic carbocycles. The summed E-state index contributed by atoms with van der Waals surface area (Å²) in [4.78, 5) is 0. The van der Waals surface area contributed by atoms with Crippen molar-refractivity contribution in [2.24, 2.45) is 5.73 Å². The summed E-state index contributed by atoms with van der Waals surface area (Å²) in [6.45, 7) is 8.58. The number of phenolic OH excluding ortho intramolecular Hbond substituents is 1. The molecule has 106 valence electrons. The lowest BCUT2D eigenvalue weighted by molar-refractivity contribution is 0.395. The second-order valence-corrected chi connectivity index (χ2v) is 7.01. The van der Waals surface area contributed by atoms with Crippen LogP contribution in [0, 0.1) is 0 Å². The SMILES string of the molecule is CCc1cc(C(C)(C)C)c(O)c(C2(N)CCCC2)c1. The molecule has 0 heterocycles. The third kappa shape index (κ3) is 2.64. The normalized spacial score (nSPS) is 18.8. The van der Waals surface area contributed by atoms with E-state index < -0.39 is 0 Å². The van der Waals surface area contributed by atoms with Gasteiger partial charge in [-0.3, -0.25) is 0 Å². The van der Waals surface area contributed by atoms with Gasteiger partial charge in [0.1, 0.15) is 5.75 Å². The van der Waals surface area contributed by atoms with Crippen molar-refractivity contribution in [1.29, 1.82) is 0 Å². The molecule has 0 bridgehead atoms. The largest absolute Gasteiger partial charge is 0.507 e. The molecular formula is C17H27NO. The van der Waals surface area contributed by atoms with Crippen LogP contribution in [0.15, 0.2) is 12.1 Å². The number of aromatic hydroxyl groups is 1. The van der Waals surface area contributed by atoms with E-state index in [-0.39, 0.29) is 11.0 Å². The summed E-state index contributed by atoms with van der Waals surface area (Å²) in [6, 6.07) is 4.26. The predicted octanol–water partition coefficient (Wildman–Crippen LogP) is 3.98. The van der Waals surface area contributed by atoms with Gasteiger partial charge in [-0.25, -0.2) is 0 Å². The molecule has 0 spiro atoms. The Labute approximate surface area is 117 Å². The number of nitrogens with two attached hydrogens (primary N) is 1. The molecule has 0 unspecified atom stereocenters. The molecule has 0 atom stereocenters. The first-order valence-electron chi connectivity index (χ1n) is 7.43. The van der Waals surface area contributed by atoms with Gasteiger partial charge in [-0.05, 0) is 35.8 Å². The quantitative estimate of drug-likeness (QED) is 0.846. The molecule has 19 heavy (non-hydrogen) atoms. The van der Waals surface area contributed by atoms with E-state index in [1.807, 2.05) is 0 Å². The summed E-state index contributed by atoms with van der Waals surface area (Å²) in [5, 5.41) is 10.7. The van der Waals surface area contributed by atoms with Gasteiger partial charge in [0.05, 0.1) is 0 Å². The highest BCUT2D eigenvalue weighted by Gasteiger charge is 2.35. The van der Waals surface area contributed by atoms with Crippen LogP contribution in [0.4, 0.5) is 0 Å². The second kappa shape index (κ2) is 4.82. The van der Waals surface area contributed by atoms with Crippen LogP contribution in [-0.4, -0.2) is 5.11 Å². The Kier molecular flexibility index (Phi) is 3.65. The molecule has 1 saturated carbocycles. The Morgan fingerprint density at radius 3 is 2.26 bits per heavy atom. The Morgan fingerprint density at radius 2 is 1.79 bits per heavy atom. The average molecular weight is 261 g/mol. The molecule has 1 aliphatic rings. The zero-order chi connectivity index (χ0) is 14.3. The van der Waals surface area contributed by atoms with Crippen LogP contribution in [0.1, 0.15) is 70.1 Å². The Morgan fingerprint density at radius 1 is 1.21 bits per heavy atom. The van der Waals surface area contributed by atoms with Crippen molar-refractivity contribution in [3.05, 3.63) is 28.8 Å². The first-order chi connectivity index (χ1) is 8.78. The maximum atomic E-state index is 10.7. The topological polar surface area (TPSA) is 46.2 Å². The summed E-state index contributed by atoms with van der Waals surface area (Å²) >= 11 is 0. The molecule has 1 aliphatic carbocycles. The lowest BCUT2D eigenvalue weighted by atomic mass is 9.79. The third-order valence-corrected chi connectivity index (χ3v) is 4.42. The Balaban J connectivity index is 2.60. The number of hydrogen-bond acceptors (Lipinski definition) is 2. The summed E-state index contributed by atoms with van der Waals surface area (Å²) in [5.41, 5.74) is 9.44. The molecule has 0 radical (unpaired) electrons. The van der Waals surface area contributed by atoms with E-state index in [4.69, 9.17) is 5.73 Å². The zero-order valence-electron chi connectivity index (χ0n) is 12.7. The standard InChI is InChI=1S/C17H27NO/c1-5-12-10-13(16(2,3)4)15(19)14(11-12)17(18)8-6-7-9-17/h10-11,19H,5-9,18H2,1-4H3. The summed E-state index contributed by atoms with van der Waals surface area (Å²) in [6.07, 6.45) is 5.27. The monoisotopic (exact) mass is 261 g/mol. The molecule has 0 amide bonds. The molecule has 2 heteroatoms. The van der Waals surface area contributed by atoms with E-state index in [9.17, 15) is 5.11 Å². The van der Waals surface area contributed by atoms with Gasteiger partial charge in [-0.15, -0.1) is 0 Å². The van der Waals surface area contributed by atoms with Crippen LogP contribution in [0.2, 0.25) is 0 Å². The smallest absolute Gasteiger partial charge is 0.124 e. The number of aryl methyl sites for hydroxylation is 1. The van der Waals surface area contributed by atoms with Crippen molar-refractivity contribution in [3.8, 4) is 5.75 Å². The second-order valence-electron chi connectivity index (χ2n) is 7.01. The summed E-state index contributed by atoms with van der Waals surface area (Å²) in [5.74, 6) is 0.425. The van der Waals surface area contributed by atoms with Gasteiger partial charge >= 0.3 is 0 Å². The van der Waals surface area contributed by atoms with Gasteiger partial charge in [0.2, 0.25) is 0 Å². The molecule has 3 N–H and O–H groups in total. The van der Waals surface area contributed by atoms with Gasteiger partial charge in [0.25, 0.3) is 0 Å². The fraction of sp³-hybridized carbons (Fsp3) is 0.647. The minimum atomic E-state index is -0.324. The van der Waals surface area contributed by atoms with Gasteiger partial charge in [0, 0.05) is 11.1 Å². The van der Waals surface area contributed by atoms with E-state index in [0.717, 1.165) is 43.2 Å². The number of hydrogen-bond donors (Lipinski definition) is 2. The molecule has 2 rings (SSSR count). The van der Waals surface area contributed by atoms with Crippen molar-refractivity contribution >= 4 is 0 Å². The van der Waals surface area contributed by atoms with Gasteiger partial charge < -0.3 is 10.8 Å². The zero-order valence-corrected chi connectivity index (χ0v) is 12.7. The van der Waals surface area contributed by atoms with E-state index in [1.165, 1.54) is 5.56 Å². The van der Waals surface area contributed by atoms with E-state index in [0.29, 0.717) is 5.75 Å². The van der Waals surface area contributed by atoms with Crippen LogP contribution >= 0.6 is 0 Å². The van der Waals surface area contributed by atoms with Gasteiger partial charge in [0.15, 0.2) is 0 Å². The highest BCUT2D eigenvalue weighted by Crippen LogP contribution is 2.44. The van der Waals surface area contributed by atoms with Crippen molar-refractivity contribution < 1.29 is 5.11 Å². The van der Waals surface area contributed by atoms with Crippen LogP contribution in [0.25, 0.3) is 0 Å². The van der Waals surface area contributed by atoms with E-state index >= 15 is 0 Å². The van der Waals surface area contributed by atoms with Crippen LogP contribution in [0.3, 0.4) is 0 Å². The van der Waals surface area contributed by atoms with Gasteiger partial charge in [-0.2, -0.15) is 0 Å². The molecular weight excluding hydrogens is 234 g/mol. The average Bonchev–Trinajstić information content (AvgIpc) is 2.76. The molecule has 1 aromatic rings. The molecule has 0 aliphatic heterocycles. The fourth-order valence-corrected chi connectivity index (χ4v) is 3.12. The maximum Gasteiger partial charge on any atom is 0.124 e. The predicted molar refractivity (Wildman–Crippen MR) is 80.5 cm³/mol. The fourth-order valence-electron chi connectivity index (χ4n) is 3.12. The van der Waals surface area contributed by atoms with Crippen molar-refractivity contribution in [1.82, 2.24) is 0 Å². The van der Waals surface area contributed by atoms with E-state index in [1.54, 1.807) is 0 Å². The minimum absolute atomic E-state index is 0.0566. The van der Waals surface area contributed by atoms with Crippen molar-refractivity contribution in [2.75, 3.05) is 0 Å². The maximum absolute atomic E-state index is 10.7. The highest BCUT2D eigenvalue weighted by atomic mass is 16.3. The van der Waals surface area contributed by atoms with Gasteiger partial charge in [-0.1, -0.05) is 52.7 Å². The highest BCUT2D eigenvalue weighted by molar-refractivity contribution is 5.50. The number of rotatable bonds is 2. The number of phenols is 1. The molecule has 0 saturated heterocycles.